The second-order valence-electron chi connectivity index (χ2n) is 9.98. The molecule has 4 heteroatoms. The predicted octanol–water partition coefficient (Wildman–Crippen LogP) is 9.18. The summed E-state index contributed by atoms with van der Waals surface area (Å²) in [5.74, 6) is 0.872. The lowest BCUT2D eigenvalue weighted by atomic mass is 10.0. The molecule has 9 aromatic rings. The lowest BCUT2D eigenvalue weighted by molar-refractivity contribution is 0.671. The van der Waals surface area contributed by atoms with Gasteiger partial charge in [0.15, 0.2) is 5.58 Å². The molecule has 5 aromatic carbocycles. The van der Waals surface area contributed by atoms with Crippen molar-refractivity contribution in [3.05, 3.63) is 128 Å². The van der Waals surface area contributed by atoms with E-state index in [1.165, 1.54) is 32.6 Å². The zero-order valence-electron chi connectivity index (χ0n) is 20.9. The maximum absolute atomic E-state index is 6.79. The Morgan fingerprint density at radius 2 is 1.10 bits per heavy atom. The normalized spacial score (nSPS) is 12.1. The molecule has 4 heterocycles. The fourth-order valence-electron chi connectivity index (χ4n) is 6.45. The Morgan fingerprint density at radius 3 is 1.85 bits per heavy atom. The summed E-state index contributed by atoms with van der Waals surface area (Å²) < 4.78 is 11.5. The van der Waals surface area contributed by atoms with Crippen molar-refractivity contribution < 1.29 is 4.42 Å². The highest BCUT2D eigenvalue weighted by atomic mass is 16.3. The lowest BCUT2D eigenvalue weighted by Crippen LogP contribution is -1.97. The van der Waals surface area contributed by atoms with Gasteiger partial charge >= 0.3 is 0 Å². The molecule has 9 rings (SSSR count). The Balaban J connectivity index is 1.69. The fraction of sp³-hybridized carbons (Fsp3) is 0. The van der Waals surface area contributed by atoms with Crippen molar-refractivity contribution in [1.82, 2.24) is 14.1 Å². The van der Waals surface area contributed by atoms with E-state index in [9.17, 15) is 0 Å². The van der Waals surface area contributed by atoms with Gasteiger partial charge in [-0.15, -0.1) is 0 Å². The van der Waals surface area contributed by atoms with Crippen LogP contribution in [-0.2, 0) is 0 Å². The molecule has 4 aromatic heterocycles. The highest BCUT2D eigenvalue weighted by Gasteiger charge is 2.27. The third-order valence-electron chi connectivity index (χ3n) is 7.94. The first-order valence-electron chi connectivity index (χ1n) is 13.2. The molecule has 0 saturated carbocycles. The number of pyridine rings is 1. The SMILES string of the molecule is c1ccc(-n2c3ccccc3c3c4c5ccccc5n(-c5ccccn5)c4c4oc5ccccc5c4c32)cc1. The van der Waals surface area contributed by atoms with E-state index in [2.05, 4.69) is 112 Å². The Kier molecular flexibility index (Phi) is 4.02. The van der Waals surface area contributed by atoms with Crippen LogP contribution in [0.15, 0.2) is 132 Å². The van der Waals surface area contributed by atoms with Crippen LogP contribution in [-0.4, -0.2) is 14.1 Å². The minimum atomic E-state index is 0.872. The maximum atomic E-state index is 6.79. The van der Waals surface area contributed by atoms with Gasteiger partial charge < -0.3 is 8.98 Å². The largest absolute Gasteiger partial charge is 0.454 e. The van der Waals surface area contributed by atoms with Crippen LogP contribution in [0.5, 0.6) is 0 Å². The summed E-state index contributed by atoms with van der Waals surface area (Å²) in [5.41, 5.74) is 7.38. The van der Waals surface area contributed by atoms with Gasteiger partial charge in [0.25, 0.3) is 0 Å². The highest BCUT2D eigenvalue weighted by molar-refractivity contribution is 6.39. The van der Waals surface area contributed by atoms with Crippen molar-refractivity contribution in [2.75, 3.05) is 0 Å². The van der Waals surface area contributed by atoms with Gasteiger partial charge in [0, 0.05) is 38.8 Å². The molecule has 4 nitrogen and oxygen atoms in total. The second kappa shape index (κ2) is 7.59. The molecule has 0 fully saturated rings. The fourth-order valence-corrected chi connectivity index (χ4v) is 6.45. The smallest absolute Gasteiger partial charge is 0.162 e. The van der Waals surface area contributed by atoms with Gasteiger partial charge in [-0.3, -0.25) is 4.57 Å². The van der Waals surface area contributed by atoms with Crippen molar-refractivity contribution in [3.63, 3.8) is 0 Å². The molecule has 182 valence electrons. The molecule has 39 heavy (non-hydrogen) atoms. The zero-order chi connectivity index (χ0) is 25.5. The predicted molar refractivity (Wildman–Crippen MR) is 160 cm³/mol. The lowest BCUT2D eigenvalue weighted by Gasteiger charge is -2.10. The van der Waals surface area contributed by atoms with Crippen LogP contribution in [0.4, 0.5) is 0 Å². The van der Waals surface area contributed by atoms with Gasteiger partial charge in [-0.25, -0.2) is 4.98 Å². The van der Waals surface area contributed by atoms with Crippen LogP contribution in [0.2, 0.25) is 0 Å². The molecule has 0 spiro atoms. The standard InChI is InChI=1S/C35H21N3O/c1-2-12-22(13-3-1)37-26-17-7-4-14-23(26)30-31-24-15-5-8-18-27(24)38(29-20-10-11-21-36-29)34(31)35-32(33(30)37)25-16-6-9-19-28(25)39-35/h1-21H. The van der Waals surface area contributed by atoms with Crippen LogP contribution in [0.1, 0.15) is 0 Å². The molecule has 0 bridgehead atoms. The van der Waals surface area contributed by atoms with Crippen LogP contribution >= 0.6 is 0 Å². The van der Waals surface area contributed by atoms with E-state index in [0.717, 1.165) is 44.5 Å². The second-order valence-corrected chi connectivity index (χ2v) is 9.98. The summed E-state index contributed by atoms with van der Waals surface area (Å²) in [6.07, 6.45) is 1.85. The minimum absolute atomic E-state index is 0.872. The summed E-state index contributed by atoms with van der Waals surface area (Å²) in [7, 11) is 0. The van der Waals surface area contributed by atoms with Crippen LogP contribution in [0, 0.1) is 0 Å². The van der Waals surface area contributed by atoms with Crippen molar-refractivity contribution in [2.24, 2.45) is 0 Å². The van der Waals surface area contributed by atoms with Crippen molar-refractivity contribution >= 4 is 65.6 Å². The van der Waals surface area contributed by atoms with E-state index in [1.54, 1.807) is 0 Å². The number of para-hydroxylation sites is 4. The van der Waals surface area contributed by atoms with E-state index >= 15 is 0 Å². The monoisotopic (exact) mass is 499 g/mol. The van der Waals surface area contributed by atoms with Gasteiger partial charge in [-0.1, -0.05) is 78.9 Å². The molecule has 0 aliphatic rings. The molecule has 0 aliphatic heterocycles. The first kappa shape index (κ1) is 20.7. The molecular formula is C35H21N3O. The number of rotatable bonds is 2. The highest BCUT2D eigenvalue weighted by Crippen LogP contribution is 2.49. The van der Waals surface area contributed by atoms with Crippen molar-refractivity contribution in [1.29, 1.82) is 0 Å². The molecule has 0 N–H and O–H groups in total. The van der Waals surface area contributed by atoms with Gasteiger partial charge in [-0.2, -0.15) is 0 Å². The summed E-state index contributed by atoms with van der Waals surface area (Å²) in [5, 5.41) is 7.04. The maximum Gasteiger partial charge on any atom is 0.162 e. The number of hydrogen-bond donors (Lipinski definition) is 0. The summed E-state index contributed by atoms with van der Waals surface area (Å²) in [4.78, 5) is 4.79. The Hall–Kier alpha value is -5.35. The molecule has 0 atom stereocenters. The first-order valence-corrected chi connectivity index (χ1v) is 13.2. The average Bonchev–Trinajstić information content (AvgIpc) is 3.66. The van der Waals surface area contributed by atoms with Gasteiger partial charge in [0.2, 0.25) is 0 Å². The molecule has 0 amide bonds. The molecule has 0 unspecified atom stereocenters. The average molecular weight is 500 g/mol. The van der Waals surface area contributed by atoms with Crippen molar-refractivity contribution in [2.45, 2.75) is 0 Å². The third kappa shape index (κ3) is 2.65. The van der Waals surface area contributed by atoms with E-state index in [4.69, 9.17) is 9.40 Å². The van der Waals surface area contributed by atoms with Crippen LogP contribution in [0.25, 0.3) is 77.1 Å². The van der Waals surface area contributed by atoms with Crippen LogP contribution in [0.3, 0.4) is 0 Å². The topological polar surface area (TPSA) is 35.9 Å². The molecule has 0 radical (unpaired) electrons. The molecule has 0 aliphatic carbocycles. The minimum Gasteiger partial charge on any atom is -0.454 e. The number of benzene rings is 5. The molecule has 0 saturated heterocycles. The number of fused-ring (bicyclic) bond motifs is 12. The molecular weight excluding hydrogens is 478 g/mol. The van der Waals surface area contributed by atoms with Gasteiger partial charge in [0.1, 0.15) is 11.4 Å². The van der Waals surface area contributed by atoms with Gasteiger partial charge in [-0.05, 0) is 42.5 Å². The van der Waals surface area contributed by atoms with Gasteiger partial charge in [0.05, 0.1) is 27.5 Å². The number of hydrogen-bond acceptors (Lipinski definition) is 2. The first-order chi connectivity index (χ1) is 19.4. The summed E-state index contributed by atoms with van der Waals surface area (Å²) in [6.45, 7) is 0. The number of aromatic nitrogens is 3. The van der Waals surface area contributed by atoms with E-state index in [0.29, 0.717) is 0 Å². The third-order valence-corrected chi connectivity index (χ3v) is 7.94. The Labute approximate surface area is 222 Å². The zero-order valence-corrected chi connectivity index (χ0v) is 20.9. The van der Waals surface area contributed by atoms with Crippen LogP contribution < -0.4 is 0 Å². The number of furan rings is 1. The summed E-state index contributed by atoms with van der Waals surface area (Å²) in [6, 6.07) is 42.4. The Bertz CT molecular complexity index is 2370. The van der Waals surface area contributed by atoms with Crippen molar-refractivity contribution in [3.8, 4) is 11.5 Å². The summed E-state index contributed by atoms with van der Waals surface area (Å²) >= 11 is 0. The van der Waals surface area contributed by atoms with E-state index in [-0.39, 0.29) is 0 Å². The quantitative estimate of drug-likeness (QED) is 0.238. The Morgan fingerprint density at radius 1 is 0.487 bits per heavy atom. The van der Waals surface area contributed by atoms with E-state index in [1.807, 2.05) is 24.4 Å². The van der Waals surface area contributed by atoms with E-state index < -0.39 is 0 Å². The number of nitrogens with zero attached hydrogens (tertiary/aromatic N) is 3.